The molecule has 0 atom stereocenters. The molecule has 6 heteroatoms. The number of nitrogens with one attached hydrogen (secondary N) is 2. The van der Waals surface area contributed by atoms with Gasteiger partial charge in [0.05, 0.1) is 10.1 Å². The molecular formula is C16H18N2O3S. The second-order valence-electron chi connectivity index (χ2n) is 5.50. The second kappa shape index (κ2) is 5.96. The van der Waals surface area contributed by atoms with E-state index in [4.69, 9.17) is 0 Å². The van der Waals surface area contributed by atoms with Crippen LogP contribution in [0.5, 0.6) is 0 Å². The summed E-state index contributed by atoms with van der Waals surface area (Å²) < 4.78 is 24.2. The van der Waals surface area contributed by atoms with Crippen molar-refractivity contribution >= 4 is 15.7 Å². The highest BCUT2D eigenvalue weighted by molar-refractivity contribution is 7.92. The zero-order chi connectivity index (χ0) is 15.6. The van der Waals surface area contributed by atoms with Crippen LogP contribution in [0, 0.1) is 0 Å². The molecule has 1 aliphatic carbocycles. The van der Waals surface area contributed by atoms with Crippen molar-refractivity contribution in [3.63, 3.8) is 0 Å². The van der Waals surface area contributed by atoms with E-state index in [0.717, 1.165) is 18.4 Å². The van der Waals surface area contributed by atoms with Gasteiger partial charge in [0, 0.05) is 18.7 Å². The molecule has 1 amide bonds. The van der Waals surface area contributed by atoms with Crippen LogP contribution in [0.25, 0.3) is 0 Å². The lowest BCUT2D eigenvalue weighted by molar-refractivity contribution is -0.117. The maximum atomic E-state index is 12.1. The van der Waals surface area contributed by atoms with Crippen LogP contribution in [0.4, 0.5) is 0 Å². The molecule has 0 aromatic heterocycles. The fraction of sp³-hybridized carbons (Fsp3) is 0.312. The predicted octanol–water partition coefficient (Wildman–Crippen LogP) is 1.28. The molecule has 1 aliphatic heterocycles. The van der Waals surface area contributed by atoms with Crippen LogP contribution in [0.15, 0.2) is 53.1 Å². The molecule has 1 heterocycles. The van der Waals surface area contributed by atoms with E-state index in [9.17, 15) is 13.2 Å². The quantitative estimate of drug-likeness (QED) is 0.857. The van der Waals surface area contributed by atoms with Crippen LogP contribution in [0.1, 0.15) is 18.4 Å². The standard InChI is InChI=1S/C16H18N2O3S/c19-16(13-2-1-9-17-11-13)18-10-12-3-5-14(6-4-12)22(20,21)15-7-8-15/h1-6,9,15,17H,7-8,10-11H2,(H,18,19). The second-order valence-corrected chi connectivity index (χ2v) is 7.73. The average molecular weight is 318 g/mol. The van der Waals surface area contributed by atoms with Crippen molar-refractivity contribution < 1.29 is 13.2 Å². The van der Waals surface area contributed by atoms with Gasteiger partial charge in [-0.15, -0.1) is 0 Å². The summed E-state index contributed by atoms with van der Waals surface area (Å²) in [7, 11) is -3.14. The van der Waals surface area contributed by atoms with Gasteiger partial charge in [0.1, 0.15) is 0 Å². The highest BCUT2D eigenvalue weighted by atomic mass is 32.2. The number of hydrogen-bond donors (Lipinski definition) is 2. The van der Waals surface area contributed by atoms with Crippen molar-refractivity contribution in [1.82, 2.24) is 10.6 Å². The Morgan fingerprint density at radius 1 is 1.23 bits per heavy atom. The number of amides is 1. The topological polar surface area (TPSA) is 75.3 Å². The van der Waals surface area contributed by atoms with Crippen molar-refractivity contribution in [1.29, 1.82) is 0 Å². The molecule has 2 N–H and O–H groups in total. The van der Waals surface area contributed by atoms with Gasteiger partial charge in [-0.1, -0.05) is 18.2 Å². The SMILES string of the molecule is O=C(NCc1ccc(S(=O)(=O)C2CC2)cc1)C1=CC=CNC1. The number of sulfone groups is 1. The minimum absolute atomic E-state index is 0.119. The van der Waals surface area contributed by atoms with Gasteiger partial charge < -0.3 is 10.6 Å². The largest absolute Gasteiger partial charge is 0.387 e. The van der Waals surface area contributed by atoms with E-state index >= 15 is 0 Å². The molecule has 3 rings (SSSR count). The van der Waals surface area contributed by atoms with Crippen LogP contribution in [0.2, 0.25) is 0 Å². The lowest BCUT2D eigenvalue weighted by Gasteiger charge is -2.11. The lowest BCUT2D eigenvalue weighted by Crippen LogP contribution is -2.29. The zero-order valence-electron chi connectivity index (χ0n) is 12.1. The molecule has 1 aromatic carbocycles. The minimum atomic E-state index is -3.14. The van der Waals surface area contributed by atoms with Crippen LogP contribution >= 0.6 is 0 Å². The Morgan fingerprint density at radius 2 is 1.95 bits per heavy atom. The highest BCUT2D eigenvalue weighted by Gasteiger charge is 2.36. The van der Waals surface area contributed by atoms with Gasteiger partial charge in [0.15, 0.2) is 9.84 Å². The van der Waals surface area contributed by atoms with Crippen molar-refractivity contribution in [2.24, 2.45) is 0 Å². The number of allylic oxidation sites excluding steroid dienone is 2. The summed E-state index contributed by atoms with van der Waals surface area (Å²) in [6, 6.07) is 6.75. The van der Waals surface area contributed by atoms with Gasteiger partial charge in [-0.05, 0) is 42.8 Å². The fourth-order valence-electron chi connectivity index (χ4n) is 2.28. The molecule has 0 bridgehead atoms. The van der Waals surface area contributed by atoms with Gasteiger partial charge in [-0.3, -0.25) is 4.79 Å². The molecule has 116 valence electrons. The maximum absolute atomic E-state index is 12.1. The first-order chi connectivity index (χ1) is 10.6. The van der Waals surface area contributed by atoms with Gasteiger partial charge in [-0.25, -0.2) is 8.42 Å². The van der Waals surface area contributed by atoms with E-state index in [2.05, 4.69) is 10.6 Å². The number of hydrogen-bond acceptors (Lipinski definition) is 4. The van der Waals surface area contributed by atoms with E-state index in [0.29, 0.717) is 23.6 Å². The predicted molar refractivity (Wildman–Crippen MR) is 83.7 cm³/mol. The number of dihydropyridines is 1. The first kappa shape index (κ1) is 14.8. The number of carbonyl (C=O) groups excluding carboxylic acids is 1. The molecule has 0 saturated heterocycles. The van der Waals surface area contributed by atoms with Gasteiger partial charge >= 0.3 is 0 Å². The van der Waals surface area contributed by atoms with Crippen LogP contribution in [0.3, 0.4) is 0 Å². The van der Waals surface area contributed by atoms with Crippen molar-refractivity contribution in [3.05, 3.63) is 53.8 Å². The maximum Gasteiger partial charge on any atom is 0.249 e. The summed E-state index contributed by atoms with van der Waals surface area (Å²) in [6.45, 7) is 0.893. The van der Waals surface area contributed by atoms with E-state index in [-0.39, 0.29) is 11.2 Å². The summed E-state index contributed by atoms with van der Waals surface area (Å²) in [5.74, 6) is -0.119. The third-order valence-electron chi connectivity index (χ3n) is 3.76. The van der Waals surface area contributed by atoms with Gasteiger partial charge in [0.2, 0.25) is 5.91 Å². The molecule has 1 saturated carbocycles. The summed E-state index contributed by atoms with van der Waals surface area (Å²) in [5.41, 5.74) is 1.55. The van der Waals surface area contributed by atoms with Gasteiger partial charge in [0.25, 0.3) is 0 Å². The van der Waals surface area contributed by atoms with Crippen LogP contribution in [-0.4, -0.2) is 26.1 Å². The summed E-state index contributed by atoms with van der Waals surface area (Å²) in [4.78, 5) is 12.3. The molecule has 0 spiro atoms. The Morgan fingerprint density at radius 3 is 2.55 bits per heavy atom. The smallest absolute Gasteiger partial charge is 0.249 e. The van der Waals surface area contributed by atoms with E-state index in [1.807, 2.05) is 0 Å². The molecule has 1 fully saturated rings. The minimum Gasteiger partial charge on any atom is -0.387 e. The van der Waals surface area contributed by atoms with E-state index in [1.165, 1.54) is 0 Å². The Labute approximate surface area is 130 Å². The molecule has 0 radical (unpaired) electrons. The van der Waals surface area contributed by atoms with Gasteiger partial charge in [-0.2, -0.15) is 0 Å². The molecular weight excluding hydrogens is 300 g/mol. The number of carbonyl (C=O) groups is 1. The highest BCUT2D eigenvalue weighted by Crippen LogP contribution is 2.33. The Bertz CT molecular complexity index is 729. The third kappa shape index (κ3) is 3.22. The summed E-state index contributed by atoms with van der Waals surface area (Å²) in [6.07, 6.45) is 6.87. The van der Waals surface area contributed by atoms with E-state index in [1.54, 1.807) is 42.6 Å². The van der Waals surface area contributed by atoms with Crippen molar-refractivity contribution in [2.45, 2.75) is 29.5 Å². The zero-order valence-corrected chi connectivity index (χ0v) is 12.9. The molecule has 0 unspecified atom stereocenters. The lowest BCUT2D eigenvalue weighted by atomic mass is 10.2. The van der Waals surface area contributed by atoms with Crippen LogP contribution < -0.4 is 10.6 Å². The van der Waals surface area contributed by atoms with Crippen LogP contribution in [-0.2, 0) is 21.2 Å². The van der Waals surface area contributed by atoms with E-state index < -0.39 is 9.84 Å². The normalized spacial score (nSPS) is 17.5. The monoisotopic (exact) mass is 318 g/mol. The third-order valence-corrected chi connectivity index (χ3v) is 6.04. The number of rotatable bonds is 5. The molecule has 1 aromatic rings. The fourth-order valence-corrected chi connectivity index (χ4v) is 3.94. The first-order valence-corrected chi connectivity index (χ1v) is 8.82. The Balaban J connectivity index is 1.60. The molecule has 2 aliphatic rings. The molecule has 22 heavy (non-hydrogen) atoms. The first-order valence-electron chi connectivity index (χ1n) is 7.27. The van der Waals surface area contributed by atoms with Crippen molar-refractivity contribution in [2.75, 3.05) is 6.54 Å². The summed E-state index contributed by atoms with van der Waals surface area (Å²) in [5, 5.41) is 5.61. The summed E-state index contributed by atoms with van der Waals surface area (Å²) >= 11 is 0. The number of benzene rings is 1. The van der Waals surface area contributed by atoms with Crippen molar-refractivity contribution in [3.8, 4) is 0 Å². The average Bonchev–Trinajstić information content (AvgIpc) is 3.39. The Kier molecular flexibility index (Phi) is 4.02. The molecule has 5 nitrogen and oxygen atoms in total. The Hall–Kier alpha value is -2.08.